The van der Waals surface area contributed by atoms with Crippen LogP contribution in [0.15, 0.2) is 48.7 Å². The van der Waals surface area contributed by atoms with Crippen molar-refractivity contribution in [2.45, 2.75) is 32.2 Å². The lowest BCUT2D eigenvalue weighted by Gasteiger charge is -2.15. The maximum Gasteiger partial charge on any atom is 0.0419 e. The summed E-state index contributed by atoms with van der Waals surface area (Å²) in [6.07, 6.45) is 4.73. The van der Waals surface area contributed by atoms with Gasteiger partial charge in [-0.25, -0.2) is 0 Å². The Morgan fingerprint density at radius 2 is 1.84 bits per heavy atom. The SMILES string of the molecule is CCc1ccc(CC(Cc2ccccc2)NN)nc1. The largest absolute Gasteiger partial charge is 0.271 e. The first-order valence-corrected chi connectivity index (χ1v) is 6.75. The summed E-state index contributed by atoms with van der Waals surface area (Å²) < 4.78 is 0. The minimum atomic E-state index is 0.211. The molecule has 0 aliphatic rings. The Morgan fingerprint density at radius 3 is 2.42 bits per heavy atom. The normalized spacial score (nSPS) is 12.3. The third-order valence-electron chi connectivity index (χ3n) is 3.31. The first-order valence-electron chi connectivity index (χ1n) is 6.75. The van der Waals surface area contributed by atoms with Crippen molar-refractivity contribution in [2.24, 2.45) is 5.84 Å². The van der Waals surface area contributed by atoms with E-state index in [0.29, 0.717) is 0 Å². The predicted molar refractivity (Wildman–Crippen MR) is 78.6 cm³/mol. The molecule has 0 bridgehead atoms. The quantitative estimate of drug-likeness (QED) is 0.615. The molecule has 0 saturated carbocycles. The minimum absolute atomic E-state index is 0.211. The fourth-order valence-corrected chi connectivity index (χ4v) is 2.13. The molecule has 1 aromatic carbocycles. The average Bonchev–Trinajstić information content (AvgIpc) is 2.48. The fourth-order valence-electron chi connectivity index (χ4n) is 2.13. The second kappa shape index (κ2) is 7.02. The standard InChI is InChI=1S/C16H21N3/c1-2-13-8-9-15(18-12-13)11-16(19-17)10-14-6-4-3-5-7-14/h3-9,12,16,19H,2,10-11,17H2,1H3. The van der Waals surface area contributed by atoms with Gasteiger partial charge >= 0.3 is 0 Å². The van der Waals surface area contributed by atoms with Gasteiger partial charge in [-0.15, -0.1) is 0 Å². The van der Waals surface area contributed by atoms with Gasteiger partial charge in [0.25, 0.3) is 0 Å². The zero-order chi connectivity index (χ0) is 13.5. The second-order valence-electron chi connectivity index (χ2n) is 4.77. The van der Waals surface area contributed by atoms with E-state index in [1.807, 2.05) is 12.3 Å². The molecule has 1 aromatic heterocycles. The van der Waals surface area contributed by atoms with E-state index in [-0.39, 0.29) is 6.04 Å². The van der Waals surface area contributed by atoms with Crippen molar-refractivity contribution < 1.29 is 0 Å². The number of hydrogen-bond acceptors (Lipinski definition) is 3. The molecular formula is C16H21N3. The molecule has 0 amide bonds. The zero-order valence-electron chi connectivity index (χ0n) is 11.3. The molecular weight excluding hydrogens is 234 g/mol. The van der Waals surface area contributed by atoms with Crippen LogP contribution in [0.25, 0.3) is 0 Å². The van der Waals surface area contributed by atoms with Gasteiger partial charge in [-0.1, -0.05) is 43.3 Å². The highest BCUT2D eigenvalue weighted by Gasteiger charge is 2.09. The Labute approximate surface area is 114 Å². The molecule has 3 heteroatoms. The van der Waals surface area contributed by atoms with Gasteiger partial charge in [0, 0.05) is 24.4 Å². The third kappa shape index (κ3) is 4.16. The van der Waals surface area contributed by atoms with Crippen LogP contribution in [0.2, 0.25) is 0 Å². The summed E-state index contributed by atoms with van der Waals surface area (Å²) in [6, 6.07) is 14.8. The molecule has 0 aliphatic heterocycles. The smallest absolute Gasteiger partial charge is 0.0419 e. The molecule has 1 heterocycles. The number of rotatable bonds is 6. The molecule has 0 aliphatic carbocycles. The summed E-state index contributed by atoms with van der Waals surface area (Å²) in [5.41, 5.74) is 6.52. The molecule has 3 nitrogen and oxygen atoms in total. The van der Waals surface area contributed by atoms with Crippen LogP contribution >= 0.6 is 0 Å². The second-order valence-corrected chi connectivity index (χ2v) is 4.77. The monoisotopic (exact) mass is 255 g/mol. The van der Waals surface area contributed by atoms with E-state index in [1.165, 1.54) is 11.1 Å². The maximum absolute atomic E-state index is 5.65. The van der Waals surface area contributed by atoms with Gasteiger partial charge < -0.3 is 0 Å². The summed E-state index contributed by atoms with van der Waals surface area (Å²) in [7, 11) is 0. The van der Waals surface area contributed by atoms with Gasteiger partial charge in [0.2, 0.25) is 0 Å². The molecule has 2 aromatic rings. The van der Waals surface area contributed by atoms with Crippen LogP contribution in [-0.2, 0) is 19.3 Å². The number of aryl methyl sites for hydroxylation is 1. The Bertz CT molecular complexity index is 479. The van der Waals surface area contributed by atoms with Crippen LogP contribution in [0.1, 0.15) is 23.7 Å². The lowest BCUT2D eigenvalue weighted by Crippen LogP contribution is -2.38. The van der Waals surface area contributed by atoms with Crippen molar-refractivity contribution in [3.63, 3.8) is 0 Å². The summed E-state index contributed by atoms with van der Waals surface area (Å²) >= 11 is 0. The van der Waals surface area contributed by atoms with Crippen molar-refractivity contribution in [1.29, 1.82) is 0 Å². The highest BCUT2D eigenvalue weighted by atomic mass is 15.2. The molecule has 3 N–H and O–H groups in total. The highest BCUT2D eigenvalue weighted by molar-refractivity contribution is 5.18. The molecule has 100 valence electrons. The lowest BCUT2D eigenvalue weighted by molar-refractivity contribution is 0.517. The average molecular weight is 255 g/mol. The third-order valence-corrected chi connectivity index (χ3v) is 3.31. The molecule has 0 radical (unpaired) electrons. The Balaban J connectivity index is 1.98. The zero-order valence-corrected chi connectivity index (χ0v) is 11.3. The molecule has 0 saturated heterocycles. The number of nitrogens with one attached hydrogen (secondary N) is 1. The van der Waals surface area contributed by atoms with Crippen molar-refractivity contribution >= 4 is 0 Å². The topological polar surface area (TPSA) is 50.9 Å². The van der Waals surface area contributed by atoms with Gasteiger partial charge in [0.05, 0.1) is 0 Å². The van der Waals surface area contributed by atoms with Crippen LogP contribution in [0.4, 0.5) is 0 Å². The Kier molecular flexibility index (Phi) is 5.07. The van der Waals surface area contributed by atoms with E-state index in [4.69, 9.17) is 5.84 Å². The van der Waals surface area contributed by atoms with Gasteiger partial charge in [-0.3, -0.25) is 16.3 Å². The number of hydrogen-bond donors (Lipinski definition) is 2. The van der Waals surface area contributed by atoms with Crippen molar-refractivity contribution in [3.8, 4) is 0 Å². The number of aromatic nitrogens is 1. The summed E-state index contributed by atoms with van der Waals surface area (Å²) in [5, 5.41) is 0. The summed E-state index contributed by atoms with van der Waals surface area (Å²) in [4.78, 5) is 4.48. The predicted octanol–water partition coefficient (Wildman–Crippen LogP) is 2.26. The molecule has 19 heavy (non-hydrogen) atoms. The molecule has 0 spiro atoms. The number of pyridine rings is 1. The van der Waals surface area contributed by atoms with Crippen LogP contribution in [0.5, 0.6) is 0 Å². The summed E-state index contributed by atoms with van der Waals surface area (Å²) in [6.45, 7) is 2.14. The number of benzene rings is 1. The van der Waals surface area contributed by atoms with E-state index in [1.54, 1.807) is 0 Å². The van der Waals surface area contributed by atoms with E-state index < -0.39 is 0 Å². The lowest BCUT2D eigenvalue weighted by atomic mass is 10.0. The summed E-state index contributed by atoms with van der Waals surface area (Å²) in [5.74, 6) is 5.65. The van der Waals surface area contributed by atoms with Gasteiger partial charge in [-0.05, 0) is 30.0 Å². The van der Waals surface area contributed by atoms with Crippen LogP contribution in [-0.4, -0.2) is 11.0 Å². The van der Waals surface area contributed by atoms with E-state index in [2.05, 4.69) is 53.7 Å². The van der Waals surface area contributed by atoms with E-state index in [9.17, 15) is 0 Å². The fraction of sp³-hybridized carbons (Fsp3) is 0.312. The van der Waals surface area contributed by atoms with Crippen LogP contribution < -0.4 is 11.3 Å². The van der Waals surface area contributed by atoms with E-state index in [0.717, 1.165) is 25.0 Å². The molecule has 1 unspecified atom stereocenters. The number of nitrogens with zero attached hydrogens (tertiary/aromatic N) is 1. The molecule has 2 rings (SSSR count). The molecule has 1 atom stereocenters. The maximum atomic E-state index is 5.65. The molecule has 0 fully saturated rings. The number of hydrazine groups is 1. The highest BCUT2D eigenvalue weighted by Crippen LogP contribution is 2.08. The number of nitrogens with two attached hydrogens (primary N) is 1. The van der Waals surface area contributed by atoms with E-state index >= 15 is 0 Å². The Morgan fingerprint density at radius 1 is 1.05 bits per heavy atom. The Hall–Kier alpha value is -1.71. The van der Waals surface area contributed by atoms with Crippen molar-refractivity contribution in [1.82, 2.24) is 10.4 Å². The van der Waals surface area contributed by atoms with Crippen LogP contribution in [0, 0.1) is 0 Å². The van der Waals surface area contributed by atoms with Crippen molar-refractivity contribution in [3.05, 3.63) is 65.5 Å². The van der Waals surface area contributed by atoms with Gasteiger partial charge in [-0.2, -0.15) is 0 Å². The van der Waals surface area contributed by atoms with Gasteiger partial charge in [0.15, 0.2) is 0 Å². The minimum Gasteiger partial charge on any atom is -0.271 e. The van der Waals surface area contributed by atoms with Crippen LogP contribution in [0.3, 0.4) is 0 Å². The van der Waals surface area contributed by atoms with Crippen molar-refractivity contribution in [2.75, 3.05) is 0 Å². The first-order chi connectivity index (χ1) is 9.31. The first kappa shape index (κ1) is 13.7. The van der Waals surface area contributed by atoms with Gasteiger partial charge in [0.1, 0.15) is 0 Å².